The maximum atomic E-state index is 11.5. The Morgan fingerprint density at radius 1 is 1.64 bits per heavy atom. The van der Waals surface area contributed by atoms with Crippen LogP contribution in [0.3, 0.4) is 0 Å². The van der Waals surface area contributed by atoms with E-state index in [1.54, 1.807) is 0 Å². The van der Waals surface area contributed by atoms with Crippen LogP contribution in [0.5, 0.6) is 0 Å². The van der Waals surface area contributed by atoms with Gasteiger partial charge in [0, 0.05) is 5.75 Å². The molecule has 1 heterocycles. The second-order valence-corrected chi connectivity index (χ2v) is 3.66. The lowest BCUT2D eigenvalue weighted by atomic mass is 10.2. The molecular formula is C8H15N3O2S. The summed E-state index contributed by atoms with van der Waals surface area (Å²) in [6.45, 7) is 0.847. The maximum Gasteiger partial charge on any atom is 0.240 e. The molecule has 5 nitrogen and oxygen atoms in total. The molecule has 0 aliphatic carbocycles. The van der Waals surface area contributed by atoms with Crippen LogP contribution < -0.4 is 16.4 Å². The number of hydrogen-bond acceptors (Lipinski definition) is 4. The van der Waals surface area contributed by atoms with Crippen molar-refractivity contribution in [1.29, 1.82) is 0 Å². The number of primary amides is 1. The van der Waals surface area contributed by atoms with Crippen LogP contribution >= 0.6 is 12.6 Å². The highest BCUT2D eigenvalue weighted by molar-refractivity contribution is 7.80. The molecule has 0 aromatic rings. The Hall–Kier alpha value is -0.750. The summed E-state index contributed by atoms with van der Waals surface area (Å²) in [5.74, 6) is -0.486. The fourth-order valence-corrected chi connectivity index (χ4v) is 1.66. The highest BCUT2D eigenvalue weighted by Gasteiger charge is 2.25. The number of rotatable bonds is 4. The molecule has 0 spiro atoms. The summed E-state index contributed by atoms with van der Waals surface area (Å²) in [5, 5.41) is 5.59. The van der Waals surface area contributed by atoms with Crippen molar-refractivity contribution in [2.24, 2.45) is 5.73 Å². The Labute approximate surface area is 88.2 Å². The molecule has 0 radical (unpaired) electrons. The molecular weight excluding hydrogens is 202 g/mol. The maximum absolute atomic E-state index is 11.5. The number of carbonyl (C=O) groups is 2. The fourth-order valence-electron chi connectivity index (χ4n) is 1.39. The lowest BCUT2D eigenvalue weighted by molar-refractivity contribution is -0.127. The van der Waals surface area contributed by atoms with Crippen LogP contribution in [0.25, 0.3) is 0 Å². The first-order valence-electron chi connectivity index (χ1n) is 4.59. The van der Waals surface area contributed by atoms with E-state index >= 15 is 0 Å². The van der Waals surface area contributed by atoms with Crippen molar-refractivity contribution in [3.05, 3.63) is 0 Å². The van der Waals surface area contributed by atoms with Crippen LogP contribution in [0.1, 0.15) is 12.8 Å². The molecule has 6 heteroatoms. The minimum Gasteiger partial charge on any atom is -0.368 e. The van der Waals surface area contributed by atoms with Gasteiger partial charge in [0.1, 0.15) is 6.04 Å². The zero-order valence-corrected chi connectivity index (χ0v) is 8.72. The lowest BCUT2D eigenvalue weighted by Gasteiger charge is -2.16. The molecule has 0 aromatic heterocycles. The van der Waals surface area contributed by atoms with E-state index in [-0.39, 0.29) is 17.7 Å². The third-order valence-corrected chi connectivity index (χ3v) is 2.58. The predicted octanol–water partition coefficient (Wildman–Crippen LogP) is -1.36. The summed E-state index contributed by atoms with van der Waals surface area (Å²) < 4.78 is 0. The molecule has 0 unspecified atom stereocenters. The molecule has 14 heavy (non-hydrogen) atoms. The largest absolute Gasteiger partial charge is 0.368 e. The van der Waals surface area contributed by atoms with Crippen LogP contribution in [0.15, 0.2) is 0 Å². The Balaban J connectivity index is 2.41. The number of nitrogens with two attached hydrogens (primary N) is 1. The van der Waals surface area contributed by atoms with E-state index in [4.69, 9.17) is 5.73 Å². The first kappa shape index (κ1) is 11.3. The second kappa shape index (κ2) is 5.21. The third-order valence-electron chi connectivity index (χ3n) is 2.22. The van der Waals surface area contributed by atoms with Gasteiger partial charge in [-0.3, -0.25) is 9.59 Å². The Morgan fingerprint density at radius 2 is 2.36 bits per heavy atom. The Bertz CT molecular complexity index is 229. The summed E-state index contributed by atoms with van der Waals surface area (Å²) in [5.41, 5.74) is 5.07. The van der Waals surface area contributed by atoms with Crippen molar-refractivity contribution < 1.29 is 9.59 Å². The normalized spacial score (nSPS) is 23.1. The molecule has 0 bridgehead atoms. The van der Waals surface area contributed by atoms with Crippen molar-refractivity contribution in [2.45, 2.75) is 24.9 Å². The first-order valence-corrected chi connectivity index (χ1v) is 5.22. The zero-order valence-electron chi connectivity index (χ0n) is 7.82. The van der Waals surface area contributed by atoms with Gasteiger partial charge in [-0.05, 0) is 19.4 Å². The molecule has 1 aliphatic heterocycles. The van der Waals surface area contributed by atoms with E-state index in [1.807, 2.05) is 0 Å². The number of hydrogen-bond donors (Lipinski definition) is 4. The van der Waals surface area contributed by atoms with E-state index < -0.39 is 11.9 Å². The summed E-state index contributed by atoms with van der Waals surface area (Å²) in [6, 6.07) is -0.857. The SMILES string of the molecule is NC(=O)[C@H](CS)NC(=O)[C@@H]1CCCN1. The number of thiol groups is 1. The molecule has 80 valence electrons. The number of amides is 2. The number of nitrogens with one attached hydrogen (secondary N) is 2. The van der Waals surface area contributed by atoms with E-state index in [2.05, 4.69) is 23.3 Å². The van der Waals surface area contributed by atoms with Crippen molar-refractivity contribution in [1.82, 2.24) is 10.6 Å². The minimum atomic E-state index is -0.673. The molecule has 2 atom stereocenters. The van der Waals surface area contributed by atoms with Gasteiger partial charge in [0.05, 0.1) is 6.04 Å². The summed E-state index contributed by atoms with van der Waals surface area (Å²) >= 11 is 3.94. The fraction of sp³-hybridized carbons (Fsp3) is 0.750. The summed E-state index contributed by atoms with van der Waals surface area (Å²) in [7, 11) is 0. The van der Waals surface area contributed by atoms with Crippen molar-refractivity contribution in [2.75, 3.05) is 12.3 Å². The van der Waals surface area contributed by atoms with E-state index in [9.17, 15) is 9.59 Å². The smallest absolute Gasteiger partial charge is 0.240 e. The monoisotopic (exact) mass is 217 g/mol. The van der Waals surface area contributed by atoms with E-state index in [1.165, 1.54) is 0 Å². The Kier molecular flexibility index (Phi) is 4.21. The zero-order chi connectivity index (χ0) is 10.6. The summed E-state index contributed by atoms with van der Waals surface area (Å²) in [4.78, 5) is 22.3. The molecule has 0 saturated carbocycles. The van der Waals surface area contributed by atoms with Gasteiger partial charge in [-0.1, -0.05) is 0 Å². The molecule has 1 aliphatic rings. The molecule has 1 rings (SSSR count). The van der Waals surface area contributed by atoms with Crippen LogP contribution in [-0.4, -0.2) is 36.2 Å². The Morgan fingerprint density at radius 3 is 2.79 bits per heavy atom. The van der Waals surface area contributed by atoms with Gasteiger partial charge in [-0.25, -0.2) is 0 Å². The quantitative estimate of drug-likeness (QED) is 0.439. The first-order chi connectivity index (χ1) is 6.65. The van der Waals surface area contributed by atoms with Gasteiger partial charge in [-0.15, -0.1) is 0 Å². The molecule has 1 saturated heterocycles. The third kappa shape index (κ3) is 2.88. The van der Waals surface area contributed by atoms with Gasteiger partial charge >= 0.3 is 0 Å². The standard InChI is InChI=1S/C8H15N3O2S/c9-7(12)6(4-14)11-8(13)5-2-1-3-10-5/h5-6,10,14H,1-4H2,(H2,9,12)(H,11,13)/t5-,6-/m0/s1. The molecule has 0 aromatic carbocycles. The van der Waals surface area contributed by atoms with Gasteiger partial charge in [0.15, 0.2) is 0 Å². The minimum absolute atomic E-state index is 0.166. The van der Waals surface area contributed by atoms with Gasteiger partial charge in [0.25, 0.3) is 0 Å². The molecule has 4 N–H and O–H groups in total. The van der Waals surface area contributed by atoms with E-state index in [0.29, 0.717) is 0 Å². The van der Waals surface area contributed by atoms with Crippen molar-refractivity contribution in [3.8, 4) is 0 Å². The van der Waals surface area contributed by atoms with Crippen LogP contribution in [0.2, 0.25) is 0 Å². The highest BCUT2D eigenvalue weighted by atomic mass is 32.1. The topological polar surface area (TPSA) is 84.2 Å². The van der Waals surface area contributed by atoms with E-state index in [0.717, 1.165) is 19.4 Å². The molecule has 2 amide bonds. The van der Waals surface area contributed by atoms with Crippen LogP contribution in [-0.2, 0) is 9.59 Å². The summed E-state index contributed by atoms with van der Waals surface area (Å²) in [6.07, 6.45) is 1.80. The average Bonchev–Trinajstić information content (AvgIpc) is 2.65. The molecule has 1 fully saturated rings. The number of carbonyl (C=O) groups excluding carboxylic acids is 2. The van der Waals surface area contributed by atoms with Gasteiger partial charge in [-0.2, -0.15) is 12.6 Å². The van der Waals surface area contributed by atoms with Crippen LogP contribution in [0.4, 0.5) is 0 Å². The lowest BCUT2D eigenvalue weighted by Crippen LogP contribution is -2.51. The highest BCUT2D eigenvalue weighted by Crippen LogP contribution is 2.04. The average molecular weight is 217 g/mol. The van der Waals surface area contributed by atoms with Gasteiger partial charge in [0.2, 0.25) is 11.8 Å². The predicted molar refractivity (Wildman–Crippen MR) is 56.0 cm³/mol. The van der Waals surface area contributed by atoms with Crippen LogP contribution in [0, 0.1) is 0 Å². The van der Waals surface area contributed by atoms with Crippen molar-refractivity contribution in [3.63, 3.8) is 0 Å². The second-order valence-electron chi connectivity index (χ2n) is 3.30. The van der Waals surface area contributed by atoms with Gasteiger partial charge < -0.3 is 16.4 Å². The van der Waals surface area contributed by atoms with Crippen molar-refractivity contribution >= 4 is 24.4 Å².